The third-order valence-electron chi connectivity index (χ3n) is 2.32. The fourth-order valence-corrected chi connectivity index (χ4v) is 1.58. The molecule has 2 rings (SSSR count). The lowest BCUT2D eigenvalue weighted by Crippen LogP contribution is -2.31. The zero-order valence-corrected chi connectivity index (χ0v) is 8.35. The van der Waals surface area contributed by atoms with E-state index < -0.39 is 0 Å². The SMILES string of the molecule is O=c1c(Cl)c(Cl)cnn1C1CCC1. The number of hydrogen-bond acceptors (Lipinski definition) is 2. The van der Waals surface area contributed by atoms with Crippen LogP contribution in [-0.4, -0.2) is 9.78 Å². The van der Waals surface area contributed by atoms with Crippen LogP contribution in [-0.2, 0) is 0 Å². The molecule has 1 aliphatic carbocycles. The second kappa shape index (κ2) is 3.31. The third kappa shape index (κ3) is 1.46. The van der Waals surface area contributed by atoms with Crippen LogP contribution in [0.25, 0.3) is 0 Å². The van der Waals surface area contributed by atoms with Crippen molar-refractivity contribution >= 4 is 23.2 Å². The fraction of sp³-hybridized carbons (Fsp3) is 0.500. The second-order valence-corrected chi connectivity index (χ2v) is 3.93. The first-order valence-corrected chi connectivity index (χ1v) is 4.88. The summed E-state index contributed by atoms with van der Waals surface area (Å²) in [5, 5.41) is 4.25. The van der Waals surface area contributed by atoms with E-state index in [1.807, 2.05) is 0 Å². The minimum Gasteiger partial charge on any atom is -0.266 e. The Morgan fingerprint density at radius 3 is 2.69 bits per heavy atom. The van der Waals surface area contributed by atoms with Crippen molar-refractivity contribution < 1.29 is 0 Å². The molecule has 3 nitrogen and oxygen atoms in total. The number of rotatable bonds is 1. The maximum absolute atomic E-state index is 11.5. The highest BCUT2D eigenvalue weighted by Crippen LogP contribution is 2.30. The van der Waals surface area contributed by atoms with Crippen molar-refractivity contribution in [1.29, 1.82) is 0 Å². The minimum atomic E-state index is -0.279. The maximum Gasteiger partial charge on any atom is 0.287 e. The molecule has 0 amide bonds. The molecule has 0 spiro atoms. The van der Waals surface area contributed by atoms with Gasteiger partial charge < -0.3 is 0 Å². The van der Waals surface area contributed by atoms with E-state index in [-0.39, 0.29) is 21.6 Å². The Bertz CT molecular complexity index is 384. The van der Waals surface area contributed by atoms with E-state index in [9.17, 15) is 4.79 Å². The molecule has 1 aromatic rings. The predicted octanol–water partition coefficient (Wildman–Crippen LogP) is 2.28. The molecular weight excluding hydrogens is 211 g/mol. The number of halogens is 2. The highest BCUT2D eigenvalue weighted by atomic mass is 35.5. The van der Waals surface area contributed by atoms with E-state index in [2.05, 4.69) is 5.10 Å². The van der Waals surface area contributed by atoms with E-state index in [1.165, 1.54) is 10.9 Å². The van der Waals surface area contributed by atoms with Crippen LogP contribution in [0, 0.1) is 0 Å². The molecular formula is C8H8Cl2N2O. The Hall–Kier alpha value is -0.540. The average molecular weight is 219 g/mol. The van der Waals surface area contributed by atoms with Gasteiger partial charge in [-0.3, -0.25) is 4.79 Å². The van der Waals surface area contributed by atoms with Crippen LogP contribution in [0.1, 0.15) is 25.3 Å². The lowest BCUT2D eigenvalue weighted by molar-refractivity contribution is 0.278. The van der Waals surface area contributed by atoms with Gasteiger partial charge in [-0.1, -0.05) is 23.2 Å². The Morgan fingerprint density at radius 2 is 2.15 bits per heavy atom. The standard InChI is InChI=1S/C8H8Cl2N2O/c9-6-4-11-12(5-2-1-3-5)8(13)7(6)10/h4-5H,1-3H2. The largest absolute Gasteiger partial charge is 0.287 e. The fourth-order valence-electron chi connectivity index (χ4n) is 1.32. The summed E-state index contributed by atoms with van der Waals surface area (Å²) in [4.78, 5) is 11.5. The van der Waals surface area contributed by atoms with E-state index in [1.54, 1.807) is 0 Å². The summed E-state index contributed by atoms with van der Waals surface area (Å²) in [6, 6.07) is 0.224. The summed E-state index contributed by atoms with van der Waals surface area (Å²) in [5.74, 6) is 0. The molecule has 0 radical (unpaired) electrons. The van der Waals surface area contributed by atoms with Crippen molar-refractivity contribution in [2.75, 3.05) is 0 Å². The molecule has 1 aliphatic rings. The van der Waals surface area contributed by atoms with Crippen molar-refractivity contribution in [3.63, 3.8) is 0 Å². The quantitative estimate of drug-likeness (QED) is 0.726. The predicted molar refractivity (Wildman–Crippen MR) is 51.4 cm³/mol. The molecule has 0 unspecified atom stereocenters. The third-order valence-corrected chi connectivity index (χ3v) is 3.07. The number of hydrogen-bond donors (Lipinski definition) is 0. The molecule has 0 atom stereocenters. The van der Waals surface area contributed by atoms with Crippen LogP contribution >= 0.6 is 23.2 Å². The summed E-state index contributed by atoms with van der Waals surface area (Å²) in [6.45, 7) is 0. The summed E-state index contributed by atoms with van der Waals surface area (Å²) < 4.78 is 1.43. The van der Waals surface area contributed by atoms with E-state index in [0.717, 1.165) is 19.3 Å². The van der Waals surface area contributed by atoms with Crippen molar-refractivity contribution in [3.05, 3.63) is 26.6 Å². The highest BCUT2D eigenvalue weighted by Gasteiger charge is 2.22. The zero-order valence-electron chi connectivity index (χ0n) is 6.83. The summed E-state index contributed by atoms with van der Waals surface area (Å²) in [5.41, 5.74) is -0.279. The van der Waals surface area contributed by atoms with E-state index >= 15 is 0 Å². The molecule has 1 saturated carbocycles. The van der Waals surface area contributed by atoms with Crippen molar-refractivity contribution in [1.82, 2.24) is 9.78 Å². The maximum atomic E-state index is 11.5. The molecule has 0 aromatic carbocycles. The van der Waals surface area contributed by atoms with Crippen LogP contribution in [0.15, 0.2) is 11.0 Å². The highest BCUT2D eigenvalue weighted by molar-refractivity contribution is 6.41. The van der Waals surface area contributed by atoms with Crippen LogP contribution in [0.4, 0.5) is 0 Å². The first kappa shape index (κ1) is 9.03. The zero-order chi connectivity index (χ0) is 9.42. The Kier molecular flexibility index (Phi) is 2.30. The van der Waals surface area contributed by atoms with E-state index in [4.69, 9.17) is 23.2 Å². The van der Waals surface area contributed by atoms with E-state index in [0.29, 0.717) is 0 Å². The Labute approximate surface area is 85.3 Å². The minimum absolute atomic E-state index is 0.0727. The van der Waals surface area contributed by atoms with Crippen LogP contribution in [0.2, 0.25) is 10.0 Å². The van der Waals surface area contributed by atoms with Gasteiger partial charge in [0.1, 0.15) is 5.02 Å². The van der Waals surface area contributed by atoms with Crippen molar-refractivity contribution in [2.24, 2.45) is 0 Å². The first-order chi connectivity index (χ1) is 6.20. The number of aromatic nitrogens is 2. The second-order valence-electron chi connectivity index (χ2n) is 3.14. The topological polar surface area (TPSA) is 34.9 Å². The molecule has 0 bridgehead atoms. The normalized spacial score (nSPS) is 17.1. The average Bonchev–Trinajstić information content (AvgIpc) is 2.03. The summed E-state index contributed by atoms with van der Waals surface area (Å²) >= 11 is 11.3. The molecule has 13 heavy (non-hydrogen) atoms. The van der Waals surface area contributed by atoms with Crippen molar-refractivity contribution in [2.45, 2.75) is 25.3 Å². The van der Waals surface area contributed by atoms with Crippen LogP contribution in [0.3, 0.4) is 0 Å². The Morgan fingerprint density at radius 1 is 1.46 bits per heavy atom. The molecule has 5 heteroatoms. The first-order valence-electron chi connectivity index (χ1n) is 4.13. The molecule has 0 saturated heterocycles. The van der Waals surface area contributed by atoms with Crippen LogP contribution in [0.5, 0.6) is 0 Å². The molecule has 70 valence electrons. The smallest absolute Gasteiger partial charge is 0.266 e. The van der Waals surface area contributed by atoms with Gasteiger partial charge in [-0.15, -0.1) is 0 Å². The molecule has 0 N–H and O–H groups in total. The lowest BCUT2D eigenvalue weighted by atomic mass is 9.93. The van der Waals surface area contributed by atoms with Crippen molar-refractivity contribution in [3.8, 4) is 0 Å². The monoisotopic (exact) mass is 218 g/mol. The summed E-state index contributed by atoms with van der Waals surface area (Å²) in [6.07, 6.45) is 4.58. The van der Waals surface area contributed by atoms with Gasteiger partial charge >= 0.3 is 0 Å². The van der Waals surface area contributed by atoms with Gasteiger partial charge in [0.05, 0.1) is 17.3 Å². The molecule has 1 fully saturated rings. The Balaban J connectivity index is 2.47. The van der Waals surface area contributed by atoms with Gasteiger partial charge in [0.25, 0.3) is 5.56 Å². The summed E-state index contributed by atoms with van der Waals surface area (Å²) in [7, 11) is 0. The van der Waals surface area contributed by atoms with Gasteiger partial charge in [-0.2, -0.15) is 5.10 Å². The van der Waals surface area contributed by atoms with Gasteiger partial charge in [0, 0.05) is 0 Å². The van der Waals surface area contributed by atoms with Crippen LogP contribution < -0.4 is 5.56 Å². The molecule has 1 heterocycles. The van der Waals surface area contributed by atoms with Gasteiger partial charge in [-0.25, -0.2) is 4.68 Å². The lowest BCUT2D eigenvalue weighted by Gasteiger charge is -2.26. The van der Waals surface area contributed by atoms with Gasteiger partial charge in [0.15, 0.2) is 0 Å². The molecule has 1 aromatic heterocycles. The molecule has 0 aliphatic heterocycles. The number of nitrogens with zero attached hydrogens (tertiary/aromatic N) is 2. The van der Waals surface area contributed by atoms with Gasteiger partial charge in [0.2, 0.25) is 0 Å². The van der Waals surface area contributed by atoms with Gasteiger partial charge in [-0.05, 0) is 19.3 Å².